The number of hydrogen-bond donors (Lipinski definition) is 2. The smallest absolute Gasteiger partial charge is 0.137 e. The lowest BCUT2D eigenvalue weighted by atomic mass is 9.88. The van der Waals surface area contributed by atoms with Gasteiger partial charge in [0.25, 0.3) is 0 Å². The van der Waals surface area contributed by atoms with E-state index in [4.69, 9.17) is 0 Å². The highest BCUT2D eigenvalue weighted by Gasteiger charge is 2.29. The number of H-pyrrole nitrogens is 1. The molecule has 1 aliphatic heterocycles. The molecule has 1 atom stereocenters. The summed E-state index contributed by atoms with van der Waals surface area (Å²) in [7, 11) is 1.94. The zero-order valence-corrected chi connectivity index (χ0v) is 15.2. The van der Waals surface area contributed by atoms with Gasteiger partial charge in [0.05, 0.1) is 6.20 Å². The maximum atomic E-state index is 10.6. The number of aliphatic hydroxyl groups is 1. The van der Waals surface area contributed by atoms with Crippen LogP contribution in [0.5, 0.6) is 0 Å². The van der Waals surface area contributed by atoms with Crippen molar-refractivity contribution in [2.45, 2.75) is 51.7 Å². The number of hydrogen-bond acceptors (Lipinski definition) is 4. The summed E-state index contributed by atoms with van der Waals surface area (Å²) in [6.07, 6.45) is 7.12. The number of aryl methyl sites for hydroxylation is 1. The second-order valence-electron chi connectivity index (χ2n) is 7.98. The maximum absolute atomic E-state index is 10.6. The normalized spacial score (nSPS) is 18.9. The first-order chi connectivity index (χ1) is 11.4. The standard InChI is InChI=1S/C18H29N5O/c1-18(2,3)16-14(11-20-21-16)12-23-8-5-13(6-9-23)15(24)17-19-7-10-22(17)4/h7,10-11,13,15,24H,5-6,8-9,12H2,1-4H3,(H,20,21). The molecule has 0 spiro atoms. The molecule has 2 aromatic rings. The molecule has 3 rings (SSSR count). The fourth-order valence-corrected chi connectivity index (χ4v) is 3.62. The highest BCUT2D eigenvalue weighted by molar-refractivity contribution is 5.23. The summed E-state index contributed by atoms with van der Waals surface area (Å²) < 4.78 is 1.91. The number of rotatable bonds is 4. The van der Waals surface area contributed by atoms with Crippen molar-refractivity contribution in [2.24, 2.45) is 13.0 Å². The Morgan fingerprint density at radius 2 is 2.04 bits per heavy atom. The fraction of sp³-hybridized carbons (Fsp3) is 0.667. The van der Waals surface area contributed by atoms with E-state index >= 15 is 0 Å². The lowest BCUT2D eigenvalue weighted by Gasteiger charge is -2.34. The lowest BCUT2D eigenvalue weighted by Crippen LogP contribution is -2.36. The molecule has 1 aliphatic rings. The van der Waals surface area contributed by atoms with Gasteiger partial charge >= 0.3 is 0 Å². The molecule has 0 aromatic carbocycles. The number of piperidine rings is 1. The van der Waals surface area contributed by atoms with Gasteiger partial charge in [-0.05, 0) is 31.8 Å². The van der Waals surface area contributed by atoms with E-state index in [1.54, 1.807) is 6.20 Å². The molecule has 1 fully saturated rings. The van der Waals surface area contributed by atoms with E-state index < -0.39 is 6.10 Å². The summed E-state index contributed by atoms with van der Waals surface area (Å²) in [5, 5.41) is 18.0. The highest BCUT2D eigenvalue weighted by atomic mass is 16.3. The van der Waals surface area contributed by atoms with Crippen molar-refractivity contribution < 1.29 is 5.11 Å². The van der Waals surface area contributed by atoms with Crippen LogP contribution in [0.4, 0.5) is 0 Å². The minimum absolute atomic E-state index is 0.0819. The van der Waals surface area contributed by atoms with E-state index in [1.165, 1.54) is 11.3 Å². The summed E-state index contributed by atoms with van der Waals surface area (Å²) in [5.74, 6) is 1.06. The second kappa shape index (κ2) is 6.69. The van der Waals surface area contributed by atoms with Gasteiger partial charge in [-0.15, -0.1) is 0 Å². The summed E-state index contributed by atoms with van der Waals surface area (Å²) >= 11 is 0. The Kier molecular flexibility index (Phi) is 4.78. The topological polar surface area (TPSA) is 70.0 Å². The van der Waals surface area contributed by atoms with E-state index in [1.807, 2.05) is 24.0 Å². The summed E-state index contributed by atoms with van der Waals surface area (Å²) in [4.78, 5) is 6.76. The molecule has 6 heteroatoms. The SMILES string of the molecule is Cn1ccnc1C(O)C1CCN(Cc2cn[nH]c2C(C)(C)C)CC1. The van der Waals surface area contributed by atoms with Gasteiger partial charge in [-0.1, -0.05) is 20.8 Å². The lowest BCUT2D eigenvalue weighted by molar-refractivity contribution is 0.0491. The van der Waals surface area contributed by atoms with Crippen LogP contribution in [0, 0.1) is 5.92 Å². The quantitative estimate of drug-likeness (QED) is 0.902. The minimum atomic E-state index is -0.466. The Morgan fingerprint density at radius 3 is 2.62 bits per heavy atom. The number of nitrogens with zero attached hydrogens (tertiary/aromatic N) is 4. The number of aliphatic hydroxyl groups excluding tert-OH is 1. The van der Waals surface area contributed by atoms with Gasteiger partial charge in [-0.2, -0.15) is 5.10 Å². The summed E-state index contributed by atoms with van der Waals surface area (Å²) in [6, 6.07) is 0. The third-order valence-electron chi connectivity index (χ3n) is 5.06. The predicted octanol–water partition coefficient (Wildman–Crippen LogP) is 2.39. The Morgan fingerprint density at radius 1 is 1.33 bits per heavy atom. The minimum Gasteiger partial charge on any atom is -0.385 e. The molecule has 0 amide bonds. The largest absolute Gasteiger partial charge is 0.385 e. The van der Waals surface area contributed by atoms with Crippen LogP contribution in [0.15, 0.2) is 18.6 Å². The number of nitrogens with one attached hydrogen (secondary N) is 1. The molecule has 6 nitrogen and oxygen atoms in total. The van der Waals surface area contributed by atoms with Crippen molar-refractivity contribution in [3.8, 4) is 0 Å². The predicted molar refractivity (Wildman–Crippen MR) is 93.5 cm³/mol. The zero-order valence-electron chi connectivity index (χ0n) is 15.2. The highest BCUT2D eigenvalue weighted by Crippen LogP contribution is 2.31. The fourth-order valence-electron chi connectivity index (χ4n) is 3.62. The van der Waals surface area contributed by atoms with Crippen LogP contribution in [0.3, 0.4) is 0 Å². The molecular weight excluding hydrogens is 302 g/mol. The third-order valence-corrected chi connectivity index (χ3v) is 5.06. The molecular formula is C18H29N5O. The molecule has 2 aromatic heterocycles. The molecule has 2 N–H and O–H groups in total. The van der Waals surface area contributed by atoms with Crippen LogP contribution in [0.25, 0.3) is 0 Å². The van der Waals surface area contributed by atoms with E-state index in [0.29, 0.717) is 0 Å². The summed E-state index contributed by atoms with van der Waals surface area (Å²) in [6.45, 7) is 9.55. The van der Waals surface area contributed by atoms with Crippen LogP contribution in [-0.4, -0.2) is 42.8 Å². The molecule has 0 bridgehead atoms. The first-order valence-electron chi connectivity index (χ1n) is 8.76. The monoisotopic (exact) mass is 331 g/mol. The first-order valence-corrected chi connectivity index (χ1v) is 8.76. The van der Waals surface area contributed by atoms with Gasteiger partial charge in [0, 0.05) is 42.7 Å². The Hall–Kier alpha value is -1.66. The van der Waals surface area contributed by atoms with Crippen molar-refractivity contribution in [1.82, 2.24) is 24.6 Å². The van der Waals surface area contributed by atoms with Gasteiger partial charge in [-0.25, -0.2) is 4.98 Å². The average molecular weight is 331 g/mol. The van der Waals surface area contributed by atoms with Crippen molar-refractivity contribution in [1.29, 1.82) is 0 Å². The Bertz CT molecular complexity index is 661. The number of imidazole rings is 1. The Balaban J connectivity index is 1.58. The van der Waals surface area contributed by atoms with Crippen LogP contribution < -0.4 is 0 Å². The molecule has 0 radical (unpaired) electrons. The van der Waals surface area contributed by atoms with E-state index in [2.05, 4.69) is 40.9 Å². The van der Waals surface area contributed by atoms with Crippen molar-refractivity contribution in [2.75, 3.05) is 13.1 Å². The van der Waals surface area contributed by atoms with E-state index in [9.17, 15) is 5.11 Å². The van der Waals surface area contributed by atoms with Gasteiger partial charge in [0.1, 0.15) is 11.9 Å². The molecule has 1 saturated heterocycles. The van der Waals surface area contributed by atoms with Gasteiger partial charge < -0.3 is 9.67 Å². The van der Waals surface area contributed by atoms with Crippen molar-refractivity contribution in [3.63, 3.8) is 0 Å². The number of aromatic amines is 1. The maximum Gasteiger partial charge on any atom is 0.137 e. The van der Waals surface area contributed by atoms with Gasteiger partial charge in [0.15, 0.2) is 0 Å². The van der Waals surface area contributed by atoms with Crippen LogP contribution in [0.2, 0.25) is 0 Å². The van der Waals surface area contributed by atoms with Crippen molar-refractivity contribution >= 4 is 0 Å². The van der Waals surface area contributed by atoms with Crippen molar-refractivity contribution in [3.05, 3.63) is 35.7 Å². The Labute approximate surface area is 143 Å². The van der Waals surface area contributed by atoms with Gasteiger partial charge in [0.2, 0.25) is 0 Å². The summed E-state index contributed by atoms with van der Waals surface area (Å²) in [5.41, 5.74) is 2.58. The molecule has 1 unspecified atom stereocenters. The zero-order chi connectivity index (χ0) is 17.3. The van der Waals surface area contributed by atoms with Crippen LogP contribution >= 0.6 is 0 Å². The molecule has 0 saturated carbocycles. The van der Waals surface area contributed by atoms with Crippen LogP contribution in [0.1, 0.15) is 56.8 Å². The molecule has 0 aliphatic carbocycles. The number of aromatic nitrogens is 4. The molecule has 24 heavy (non-hydrogen) atoms. The molecule has 3 heterocycles. The van der Waals surface area contributed by atoms with E-state index in [-0.39, 0.29) is 11.3 Å². The second-order valence-corrected chi connectivity index (χ2v) is 7.98. The average Bonchev–Trinajstić information content (AvgIpc) is 3.16. The first kappa shape index (κ1) is 17.2. The number of likely N-dealkylation sites (tertiary alicyclic amines) is 1. The van der Waals surface area contributed by atoms with Gasteiger partial charge in [-0.3, -0.25) is 10.00 Å². The van der Waals surface area contributed by atoms with Crippen LogP contribution in [-0.2, 0) is 19.0 Å². The molecule has 132 valence electrons. The van der Waals surface area contributed by atoms with E-state index in [0.717, 1.165) is 38.3 Å². The third kappa shape index (κ3) is 3.54.